The molecule has 0 radical (unpaired) electrons. The normalized spacial score (nSPS) is 17.7. The summed E-state index contributed by atoms with van der Waals surface area (Å²) < 4.78 is 7.07. The molecule has 35 heavy (non-hydrogen) atoms. The maximum Gasteiger partial charge on any atom is 0.182 e. The average molecular weight is 530 g/mol. The molecule has 7 nitrogen and oxygen atoms in total. The summed E-state index contributed by atoms with van der Waals surface area (Å²) in [5, 5.41) is 18.6. The van der Waals surface area contributed by atoms with Crippen molar-refractivity contribution in [1.29, 1.82) is 5.26 Å². The summed E-state index contributed by atoms with van der Waals surface area (Å²) in [6.07, 6.45) is 3.85. The highest BCUT2D eigenvalue weighted by Gasteiger charge is 2.30. The number of nitrogens with one attached hydrogen (secondary N) is 1. The highest BCUT2D eigenvalue weighted by atomic mass is 35.5. The summed E-state index contributed by atoms with van der Waals surface area (Å²) in [4.78, 5) is 7.36. The van der Waals surface area contributed by atoms with Crippen LogP contribution in [-0.2, 0) is 4.74 Å². The second kappa shape index (κ2) is 10.6. The van der Waals surface area contributed by atoms with Crippen molar-refractivity contribution in [3.8, 4) is 23.1 Å². The molecule has 2 aliphatic heterocycles. The maximum absolute atomic E-state index is 9.45. The van der Waals surface area contributed by atoms with Crippen molar-refractivity contribution >= 4 is 40.6 Å². The number of likely N-dealkylation sites (tertiary alicyclic amines) is 1. The molecule has 0 bridgehead atoms. The molecule has 0 unspecified atom stereocenters. The fourth-order valence-corrected chi connectivity index (χ4v) is 4.99. The third-order valence-corrected chi connectivity index (χ3v) is 7.14. The number of halogens is 3. The SMILES string of the molecule is N#CNC(=NC1CCN(C2COC2)CC1)c1cc(-c2ccc(Cl)cc2)n(-c2ccc(Cl)cc2Cl)n1. The number of aromatic nitrogens is 2. The second-order valence-corrected chi connectivity index (χ2v) is 9.88. The quantitative estimate of drug-likeness (QED) is 0.213. The molecule has 10 heteroatoms. The number of benzene rings is 2. The number of hydrogen-bond donors (Lipinski definition) is 1. The molecule has 2 saturated heterocycles. The number of nitriles is 1. The van der Waals surface area contributed by atoms with E-state index in [9.17, 15) is 5.26 Å². The van der Waals surface area contributed by atoms with Gasteiger partial charge in [-0.2, -0.15) is 10.4 Å². The van der Waals surface area contributed by atoms with Crippen molar-refractivity contribution in [3.63, 3.8) is 0 Å². The van der Waals surface area contributed by atoms with Gasteiger partial charge in [-0.3, -0.25) is 15.2 Å². The molecule has 3 heterocycles. The molecule has 5 rings (SSSR count). The van der Waals surface area contributed by atoms with Crippen LogP contribution in [0.2, 0.25) is 15.1 Å². The van der Waals surface area contributed by atoms with E-state index in [1.54, 1.807) is 16.8 Å². The Morgan fingerprint density at radius 2 is 1.74 bits per heavy atom. The first kappa shape index (κ1) is 24.1. The van der Waals surface area contributed by atoms with Crippen molar-refractivity contribution in [1.82, 2.24) is 20.0 Å². The number of ether oxygens (including phenoxy) is 1. The molecule has 2 fully saturated rings. The molecule has 2 aliphatic rings. The third-order valence-electron chi connectivity index (χ3n) is 6.35. The number of piperidine rings is 1. The van der Waals surface area contributed by atoms with Gasteiger partial charge in [-0.1, -0.05) is 46.9 Å². The van der Waals surface area contributed by atoms with Gasteiger partial charge >= 0.3 is 0 Å². The van der Waals surface area contributed by atoms with Gasteiger partial charge in [0.05, 0.1) is 41.7 Å². The van der Waals surface area contributed by atoms with E-state index in [-0.39, 0.29) is 6.04 Å². The summed E-state index contributed by atoms with van der Waals surface area (Å²) in [5.41, 5.74) is 2.90. The predicted molar refractivity (Wildman–Crippen MR) is 139 cm³/mol. The van der Waals surface area contributed by atoms with Gasteiger partial charge < -0.3 is 4.74 Å². The topological polar surface area (TPSA) is 78.5 Å². The summed E-state index contributed by atoms with van der Waals surface area (Å²) in [5.74, 6) is 0.442. The molecule has 0 aliphatic carbocycles. The first-order chi connectivity index (χ1) is 17.0. The Balaban J connectivity index is 1.50. The Bertz CT molecular complexity index is 1270. The molecule has 3 aromatic rings. The van der Waals surface area contributed by atoms with E-state index in [0.29, 0.717) is 38.3 Å². The van der Waals surface area contributed by atoms with Crippen LogP contribution in [0, 0.1) is 11.5 Å². The number of rotatable bonds is 5. The van der Waals surface area contributed by atoms with Gasteiger partial charge in [-0.05, 0) is 49.2 Å². The van der Waals surface area contributed by atoms with Gasteiger partial charge in [0.25, 0.3) is 0 Å². The van der Waals surface area contributed by atoms with E-state index in [4.69, 9.17) is 49.6 Å². The lowest BCUT2D eigenvalue weighted by Crippen LogP contribution is -2.52. The van der Waals surface area contributed by atoms with Gasteiger partial charge in [-0.15, -0.1) is 0 Å². The van der Waals surface area contributed by atoms with Crippen LogP contribution in [0.15, 0.2) is 53.5 Å². The van der Waals surface area contributed by atoms with E-state index in [1.165, 1.54) is 0 Å². The van der Waals surface area contributed by atoms with Crippen LogP contribution in [0.4, 0.5) is 0 Å². The highest BCUT2D eigenvalue weighted by Crippen LogP contribution is 2.31. The summed E-state index contributed by atoms with van der Waals surface area (Å²) >= 11 is 18.8. The van der Waals surface area contributed by atoms with Crippen LogP contribution in [0.1, 0.15) is 18.5 Å². The van der Waals surface area contributed by atoms with E-state index in [2.05, 4.69) is 10.2 Å². The van der Waals surface area contributed by atoms with Crippen LogP contribution >= 0.6 is 34.8 Å². The van der Waals surface area contributed by atoms with Crippen molar-refractivity contribution in [3.05, 3.63) is 69.3 Å². The molecular formula is C25H23Cl3N6O. The smallest absolute Gasteiger partial charge is 0.182 e. The molecule has 0 saturated carbocycles. The zero-order valence-electron chi connectivity index (χ0n) is 18.8. The molecule has 2 aromatic carbocycles. The number of hydrogen-bond acceptors (Lipinski definition) is 5. The van der Waals surface area contributed by atoms with Crippen molar-refractivity contribution in [2.24, 2.45) is 4.99 Å². The monoisotopic (exact) mass is 528 g/mol. The maximum atomic E-state index is 9.45. The third kappa shape index (κ3) is 5.32. The minimum absolute atomic E-state index is 0.103. The zero-order valence-corrected chi connectivity index (χ0v) is 21.1. The molecule has 0 amide bonds. The number of aliphatic imine (C=N–C) groups is 1. The number of nitrogens with zero attached hydrogens (tertiary/aromatic N) is 5. The Kier molecular flexibility index (Phi) is 7.28. The van der Waals surface area contributed by atoms with Crippen molar-refractivity contribution in [2.45, 2.75) is 24.9 Å². The van der Waals surface area contributed by atoms with E-state index in [1.807, 2.05) is 42.6 Å². The van der Waals surface area contributed by atoms with Gasteiger partial charge in [0, 0.05) is 28.7 Å². The Morgan fingerprint density at radius 3 is 2.37 bits per heavy atom. The van der Waals surface area contributed by atoms with Gasteiger partial charge in [0.1, 0.15) is 5.69 Å². The highest BCUT2D eigenvalue weighted by molar-refractivity contribution is 6.35. The average Bonchev–Trinajstić information content (AvgIpc) is 3.24. The minimum Gasteiger partial charge on any atom is -0.378 e. The van der Waals surface area contributed by atoms with Crippen molar-refractivity contribution in [2.75, 3.05) is 26.3 Å². The van der Waals surface area contributed by atoms with Crippen LogP contribution in [0.5, 0.6) is 0 Å². The molecule has 0 atom stereocenters. The molecule has 1 aromatic heterocycles. The lowest BCUT2D eigenvalue weighted by Gasteiger charge is -2.40. The Morgan fingerprint density at radius 1 is 1.03 bits per heavy atom. The largest absolute Gasteiger partial charge is 0.378 e. The standard InChI is InChI=1S/C25H23Cl3N6O/c26-17-3-1-16(2-4-17)24-12-22(32-34(24)23-6-5-18(27)11-21(23)28)25(30-15-29)31-19-7-9-33(10-8-19)20-13-35-14-20/h1-6,11-12,19-20H,7-10,13-14H2,(H,30,31). The van der Waals surface area contributed by atoms with Crippen LogP contribution < -0.4 is 5.32 Å². The lowest BCUT2D eigenvalue weighted by atomic mass is 10.0. The molecular weight excluding hydrogens is 507 g/mol. The fourth-order valence-electron chi connectivity index (χ4n) is 4.37. The number of amidine groups is 1. The minimum atomic E-state index is 0.103. The van der Waals surface area contributed by atoms with Crippen LogP contribution in [0.3, 0.4) is 0 Å². The van der Waals surface area contributed by atoms with Gasteiger partial charge in [0.15, 0.2) is 12.0 Å². The Labute approximate surface area is 218 Å². The first-order valence-electron chi connectivity index (χ1n) is 11.4. The summed E-state index contributed by atoms with van der Waals surface area (Å²) in [6.45, 7) is 3.56. The molecule has 180 valence electrons. The zero-order chi connectivity index (χ0) is 24.4. The van der Waals surface area contributed by atoms with Gasteiger partial charge in [0.2, 0.25) is 0 Å². The predicted octanol–water partition coefficient (Wildman–Crippen LogP) is 5.18. The Hall–Kier alpha value is -2.60. The summed E-state index contributed by atoms with van der Waals surface area (Å²) in [6, 6.07) is 15.3. The lowest BCUT2D eigenvalue weighted by molar-refractivity contribution is -0.0709. The summed E-state index contributed by atoms with van der Waals surface area (Å²) in [7, 11) is 0. The molecule has 0 spiro atoms. The van der Waals surface area contributed by atoms with Crippen LogP contribution in [0.25, 0.3) is 16.9 Å². The first-order valence-corrected chi connectivity index (χ1v) is 12.5. The van der Waals surface area contributed by atoms with E-state index < -0.39 is 0 Å². The van der Waals surface area contributed by atoms with Gasteiger partial charge in [-0.25, -0.2) is 4.68 Å². The van der Waals surface area contributed by atoms with Crippen molar-refractivity contribution < 1.29 is 4.74 Å². The molecule has 1 N–H and O–H groups in total. The van der Waals surface area contributed by atoms with E-state index >= 15 is 0 Å². The second-order valence-electron chi connectivity index (χ2n) is 8.60. The fraction of sp³-hybridized carbons (Fsp3) is 0.320. The van der Waals surface area contributed by atoms with Crippen LogP contribution in [-0.4, -0.2) is 58.9 Å². The van der Waals surface area contributed by atoms with E-state index in [0.717, 1.165) is 50.4 Å².